The number of ketones is 1. The number of likely N-dealkylation sites (N-methyl/N-ethyl adjacent to an activating group) is 1. The van der Waals surface area contributed by atoms with Crippen LogP contribution < -0.4 is 29.0 Å². The summed E-state index contributed by atoms with van der Waals surface area (Å²) in [4.78, 5) is 51.0. The highest BCUT2D eigenvalue weighted by atomic mass is 32.2. The van der Waals surface area contributed by atoms with Gasteiger partial charge in [-0.3, -0.25) is 19.9 Å². The van der Waals surface area contributed by atoms with Crippen molar-refractivity contribution in [2.75, 3.05) is 46.5 Å². The number of ether oxygens (including phenoxy) is 8. The van der Waals surface area contributed by atoms with Crippen LogP contribution in [-0.2, 0) is 37.4 Å². The van der Waals surface area contributed by atoms with Crippen LogP contribution in [0.25, 0.3) is 10.9 Å². The number of rotatable bonds is 3. The highest BCUT2D eigenvalue weighted by Gasteiger charge is 2.61. The minimum absolute atomic E-state index is 0.0420. The van der Waals surface area contributed by atoms with Crippen LogP contribution in [-0.4, -0.2) is 109 Å². The number of Topliss-reactive ketones (excluding diaryl/α,β-unsaturated/α-hetero) is 1. The standard InChI is InChI=1S/C50H57N5O11S/c1-24-17-26-18-30-31(19-51)55-32-20-60-21-33(56)50(45-28(15-16-52-50)27-13-11-12-14-29(27)53-45)22-67-44(36-35(32)42-41(61-23-62-42)25(2)40(36)63-46(57)65-48(3,4)5)38(55)37(54(30)9)34(26)43(39(24)59-10)64-47(58)66-49(6,7)8/h11-14,17,30-32,37-38,44,52-53H,15-16,18,20-23H2,1-10H3/t30-,31-,32+,37-,38?,44+,50-/m0/s1. The van der Waals surface area contributed by atoms with Gasteiger partial charge in [0.1, 0.15) is 35.1 Å². The first-order valence-electron chi connectivity index (χ1n) is 22.8. The Bertz CT molecular complexity index is 2770. The third kappa shape index (κ3) is 7.29. The fourth-order valence-corrected chi connectivity index (χ4v) is 13.2. The van der Waals surface area contributed by atoms with Crippen molar-refractivity contribution in [3.05, 3.63) is 75.0 Å². The molecule has 8 heterocycles. The molecule has 17 heteroatoms. The number of carbonyl (C=O) groups excluding carboxylic acids is 3. The number of methoxy groups -OCH3 is 1. The summed E-state index contributed by atoms with van der Waals surface area (Å²) in [7, 11) is 3.54. The molecular weight excluding hydrogens is 879 g/mol. The topological polar surface area (TPSA) is 183 Å². The van der Waals surface area contributed by atoms with Gasteiger partial charge in [-0.05, 0) is 98.0 Å². The van der Waals surface area contributed by atoms with Crippen LogP contribution in [0.3, 0.4) is 0 Å². The number of H-pyrrole nitrogens is 1. The number of nitrogens with zero attached hydrogens (tertiary/aromatic N) is 3. The van der Waals surface area contributed by atoms with Crippen molar-refractivity contribution in [3.63, 3.8) is 0 Å². The van der Waals surface area contributed by atoms with Crippen molar-refractivity contribution >= 4 is 40.8 Å². The number of nitrogens with one attached hydrogen (secondary N) is 2. The van der Waals surface area contributed by atoms with Gasteiger partial charge in [-0.2, -0.15) is 5.26 Å². The van der Waals surface area contributed by atoms with E-state index >= 15 is 4.79 Å². The molecule has 354 valence electrons. The molecule has 4 bridgehead atoms. The number of piperazine rings is 1. The fourth-order valence-electron chi connectivity index (χ4n) is 11.4. The number of para-hydroxylation sites is 1. The number of thioether (sulfide) groups is 1. The zero-order chi connectivity index (χ0) is 47.5. The van der Waals surface area contributed by atoms with Crippen LogP contribution in [0.2, 0.25) is 0 Å². The third-order valence-corrected chi connectivity index (χ3v) is 15.4. The number of aromatic nitrogens is 1. The van der Waals surface area contributed by atoms with Gasteiger partial charge >= 0.3 is 12.3 Å². The minimum atomic E-state index is -1.24. The van der Waals surface area contributed by atoms with Crippen molar-refractivity contribution in [2.24, 2.45) is 0 Å². The molecule has 1 aromatic heterocycles. The first kappa shape index (κ1) is 45.3. The molecule has 1 spiro atoms. The zero-order valence-corrected chi connectivity index (χ0v) is 40.4. The maximum Gasteiger partial charge on any atom is 0.514 e. The summed E-state index contributed by atoms with van der Waals surface area (Å²) in [5, 5.41) is 15.6. The van der Waals surface area contributed by atoms with Crippen LogP contribution >= 0.6 is 11.8 Å². The van der Waals surface area contributed by atoms with E-state index in [1.165, 1.54) is 11.8 Å². The maximum atomic E-state index is 15.1. The van der Waals surface area contributed by atoms with Gasteiger partial charge in [0.25, 0.3) is 0 Å². The van der Waals surface area contributed by atoms with Crippen molar-refractivity contribution < 1.29 is 52.3 Å². The monoisotopic (exact) mass is 935 g/mol. The average molecular weight is 936 g/mol. The van der Waals surface area contributed by atoms with E-state index in [0.717, 1.165) is 33.3 Å². The number of nitriles is 1. The molecule has 0 radical (unpaired) electrons. The van der Waals surface area contributed by atoms with Crippen LogP contribution in [0, 0.1) is 25.2 Å². The molecule has 11 rings (SSSR count). The average Bonchev–Trinajstić information content (AvgIpc) is 3.89. The molecule has 16 nitrogen and oxygen atoms in total. The Labute approximate surface area is 393 Å². The molecule has 0 amide bonds. The summed E-state index contributed by atoms with van der Waals surface area (Å²) in [6.45, 7) is 14.5. The minimum Gasteiger partial charge on any atom is -0.493 e. The number of fused-ring (bicyclic) bond motifs is 12. The molecule has 7 atom stereocenters. The van der Waals surface area contributed by atoms with Gasteiger partial charge in [-0.1, -0.05) is 24.3 Å². The van der Waals surface area contributed by atoms with E-state index in [2.05, 4.69) is 38.3 Å². The summed E-state index contributed by atoms with van der Waals surface area (Å²) in [6, 6.07) is 9.81. The lowest BCUT2D eigenvalue weighted by Crippen LogP contribution is -2.69. The Morgan fingerprint density at radius 3 is 2.36 bits per heavy atom. The van der Waals surface area contributed by atoms with Gasteiger partial charge in [0.15, 0.2) is 28.8 Å². The Morgan fingerprint density at radius 1 is 0.955 bits per heavy atom. The molecule has 67 heavy (non-hydrogen) atoms. The third-order valence-electron chi connectivity index (χ3n) is 13.9. The lowest BCUT2D eigenvalue weighted by atomic mass is 9.71. The molecule has 1 unspecified atom stereocenters. The molecule has 2 N–H and O–H groups in total. The van der Waals surface area contributed by atoms with Gasteiger partial charge in [-0.25, -0.2) is 9.59 Å². The number of benzene rings is 3. The zero-order valence-electron chi connectivity index (χ0n) is 39.5. The van der Waals surface area contributed by atoms with Crippen LogP contribution in [0.4, 0.5) is 9.59 Å². The molecule has 3 aromatic carbocycles. The normalized spacial score (nSPS) is 26.7. The van der Waals surface area contributed by atoms with E-state index in [1.54, 1.807) is 48.7 Å². The van der Waals surface area contributed by atoms with Gasteiger partial charge < -0.3 is 42.9 Å². The summed E-state index contributed by atoms with van der Waals surface area (Å²) >= 11 is 1.53. The summed E-state index contributed by atoms with van der Waals surface area (Å²) < 4.78 is 49.6. The Hall–Kier alpha value is -5.51. The van der Waals surface area contributed by atoms with Gasteiger partial charge in [0.2, 0.25) is 6.79 Å². The van der Waals surface area contributed by atoms with Crippen LogP contribution in [0.5, 0.6) is 28.7 Å². The molecule has 7 aliphatic rings. The Kier molecular flexibility index (Phi) is 11.0. The van der Waals surface area contributed by atoms with Crippen molar-refractivity contribution in [1.82, 2.24) is 20.1 Å². The number of hydrogen-bond acceptors (Lipinski definition) is 16. The van der Waals surface area contributed by atoms with Gasteiger partial charge in [0.05, 0.1) is 37.1 Å². The number of carbonyl (C=O) groups is 3. The second-order valence-electron chi connectivity index (χ2n) is 20.3. The van der Waals surface area contributed by atoms with Crippen molar-refractivity contribution in [2.45, 2.75) is 120 Å². The predicted octanol–water partition coefficient (Wildman–Crippen LogP) is 7.79. The lowest BCUT2D eigenvalue weighted by Gasteiger charge is -2.61. The highest BCUT2D eigenvalue weighted by molar-refractivity contribution is 7.99. The molecule has 4 aromatic rings. The first-order valence-corrected chi connectivity index (χ1v) is 23.8. The molecule has 2 saturated heterocycles. The SMILES string of the molecule is COc1c(C)cc2c(c1OC(=O)OC(C)(C)C)[C@H]1C3[C@@H]4SC[C@]5(NCCc6c5[nH]c5ccccc65)C(=O)COC[C@H](c5c6c(c(C)c(OC(=O)OC(C)(C)C)c54)OCO6)N3[C@@H](C#N)[C@H](C2)N1C. The molecule has 7 aliphatic heterocycles. The van der Waals surface area contributed by atoms with Crippen molar-refractivity contribution in [1.29, 1.82) is 5.26 Å². The highest BCUT2D eigenvalue weighted by Crippen LogP contribution is 2.64. The summed E-state index contributed by atoms with van der Waals surface area (Å²) in [5.74, 6) is 1.76. The largest absolute Gasteiger partial charge is 0.514 e. The van der Waals surface area contributed by atoms with E-state index < -0.39 is 58.5 Å². The molecule has 2 fully saturated rings. The van der Waals surface area contributed by atoms with Crippen molar-refractivity contribution in [3.8, 4) is 34.8 Å². The second-order valence-corrected chi connectivity index (χ2v) is 21.4. The van der Waals surface area contributed by atoms with Gasteiger partial charge in [0, 0.05) is 63.2 Å². The fraction of sp³-hybridized carbons (Fsp3) is 0.520. The quantitative estimate of drug-likeness (QED) is 0.150. The van der Waals surface area contributed by atoms with Crippen LogP contribution in [0.1, 0.15) is 104 Å². The van der Waals surface area contributed by atoms with E-state index in [-0.39, 0.29) is 49.1 Å². The van der Waals surface area contributed by atoms with Gasteiger partial charge in [-0.15, -0.1) is 11.8 Å². The lowest BCUT2D eigenvalue weighted by molar-refractivity contribution is -0.132. The number of aryl methyl sites for hydroxylation is 1. The van der Waals surface area contributed by atoms with E-state index in [4.69, 9.17) is 37.9 Å². The number of aromatic amines is 1. The second kappa shape index (κ2) is 16.3. The predicted molar refractivity (Wildman–Crippen MR) is 247 cm³/mol. The molecule has 0 saturated carbocycles. The first-order chi connectivity index (χ1) is 31.9. The number of hydrogen-bond donors (Lipinski definition) is 2. The molecular formula is C50H57N5O11S. The Balaban J connectivity index is 1.25. The maximum absolute atomic E-state index is 15.1. The molecule has 0 aliphatic carbocycles. The van der Waals surface area contributed by atoms with Crippen LogP contribution in [0.15, 0.2) is 30.3 Å². The Morgan fingerprint density at radius 2 is 1.66 bits per heavy atom. The smallest absolute Gasteiger partial charge is 0.493 e. The van der Waals surface area contributed by atoms with E-state index in [9.17, 15) is 14.9 Å². The summed E-state index contributed by atoms with van der Waals surface area (Å²) in [6.07, 6.45) is -0.657. The van der Waals surface area contributed by atoms with E-state index in [0.29, 0.717) is 58.9 Å². The summed E-state index contributed by atoms with van der Waals surface area (Å²) in [5.41, 5.74) is 3.95. The van der Waals surface area contributed by atoms with E-state index in [1.807, 2.05) is 39.1 Å².